The van der Waals surface area contributed by atoms with Gasteiger partial charge in [0.1, 0.15) is 5.82 Å². The van der Waals surface area contributed by atoms with Gasteiger partial charge in [-0.25, -0.2) is 4.39 Å². The molecule has 0 aromatic heterocycles. The van der Waals surface area contributed by atoms with Crippen molar-refractivity contribution in [3.05, 3.63) is 29.6 Å². The van der Waals surface area contributed by atoms with Gasteiger partial charge in [-0.05, 0) is 36.5 Å². The van der Waals surface area contributed by atoms with Crippen LogP contribution in [0.2, 0.25) is 0 Å². The third-order valence-electron chi connectivity index (χ3n) is 5.17. The van der Waals surface area contributed by atoms with Gasteiger partial charge in [-0.1, -0.05) is 25.3 Å². The Bertz CT molecular complexity index is 635. The lowest BCUT2D eigenvalue weighted by molar-refractivity contribution is -0.127. The van der Waals surface area contributed by atoms with E-state index in [1.54, 1.807) is 6.07 Å². The lowest BCUT2D eigenvalue weighted by Crippen LogP contribution is -2.48. The van der Waals surface area contributed by atoms with Crippen LogP contribution in [0.5, 0.6) is 0 Å². The van der Waals surface area contributed by atoms with E-state index in [1.165, 1.54) is 31.4 Å². The van der Waals surface area contributed by atoms with E-state index in [0.717, 1.165) is 12.8 Å². The molecule has 2 atom stereocenters. The quantitative estimate of drug-likeness (QED) is 0.762. The number of hydrogen-bond donors (Lipinski definition) is 3. The fraction of sp³-hybridized carbons (Fsp3) is 0.556. The maximum atomic E-state index is 13.4. The summed E-state index contributed by atoms with van der Waals surface area (Å²) in [6.45, 7) is 0.394. The molecule has 0 spiro atoms. The SMILES string of the molecule is Cl.NCC(NC(=O)C1CC(=O)Nc2cc(F)ccc21)C1CCCCC1. The Balaban J connectivity index is 0.00000225. The maximum Gasteiger partial charge on any atom is 0.228 e. The molecule has 1 aliphatic carbocycles. The van der Waals surface area contributed by atoms with Crippen LogP contribution in [-0.4, -0.2) is 24.4 Å². The third kappa shape index (κ3) is 4.50. The van der Waals surface area contributed by atoms with Crippen molar-refractivity contribution in [3.63, 3.8) is 0 Å². The maximum absolute atomic E-state index is 13.4. The van der Waals surface area contributed by atoms with E-state index < -0.39 is 11.7 Å². The lowest BCUT2D eigenvalue weighted by atomic mass is 9.83. The number of halogens is 2. The molecule has 25 heavy (non-hydrogen) atoms. The zero-order chi connectivity index (χ0) is 17.1. The average Bonchev–Trinajstić information content (AvgIpc) is 2.59. The van der Waals surface area contributed by atoms with E-state index in [9.17, 15) is 14.0 Å². The van der Waals surface area contributed by atoms with Gasteiger partial charge in [0.25, 0.3) is 0 Å². The standard InChI is InChI=1S/C18H24FN3O2.ClH/c19-12-6-7-13-14(9-17(23)21-15(13)8-12)18(24)22-16(10-20)11-4-2-1-3-5-11;/h6-8,11,14,16H,1-5,9-10,20H2,(H,21,23)(H,22,24);1H. The first-order chi connectivity index (χ1) is 11.6. The highest BCUT2D eigenvalue weighted by Crippen LogP contribution is 2.33. The van der Waals surface area contributed by atoms with Crippen molar-refractivity contribution in [1.29, 1.82) is 0 Å². The molecule has 0 radical (unpaired) electrons. The zero-order valence-electron chi connectivity index (χ0n) is 14.1. The minimum absolute atomic E-state index is 0. The van der Waals surface area contributed by atoms with Crippen LogP contribution in [0, 0.1) is 11.7 Å². The van der Waals surface area contributed by atoms with Gasteiger partial charge >= 0.3 is 0 Å². The van der Waals surface area contributed by atoms with Crippen LogP contribution in [-0.2, 0) is 9.59 Å². The Morgan fingerprint density at radius 1 is 1.32 bits per heavy atom. The minimum atomic E-state index is -0.591. The molecule has 1 fully saturated rings. The second-order valence-corrected chi connectivity index (χ2v) is 6.79. The smallest absolute Gasteiger partial charge is 0.228 e. The monoisotopic (exact) mass is 369 g/mol. The first kappa shape index (κ1) is 19.7. The van der Waals surface area contributed by atoms with Crippen LogP contribution in [0.15, 0.2) is 18.2 Å². The minimum Gasteiger partial charge on any atom is -0.351 e. The molecule has 4 N–H and O–H groups in total. The normalized spacial score (nSPS) is 21.5. The van der Waals surface area contributed by atoms with Gasteiger partial charge in [-0.2, -0.15) is 0 Å². The Morgan fingerprint density at radius 2 is 2.04 bits per heavy atom. The Morgan fingerprint density at radius 3 is 2.72 bits per heavy atom. The summed E-state index contributed by atoms with van der Waals surface area (Å²) in [5.41, 5.74) is 6.92. The van der Waals surface area contributed by atoms with Gasteiger partial charge in [0, 0.05) is 24.7 Å². The summed E-state index contributed by atoms with van der Waals surface area (Å²) in [4.78, 5) is 24.6. The van der Waals surface area contributed by atoms with Gasteiger partial charge in [-0.15, -0.1) is 12.4 Å². The molecule has 0 bridgehead atoms. The topological polar surface area (TPSA) is 84.2 Å². The average molecular weight is 370 g/mol. The van der Waals surface area contributed by atoms with Gasteiger partial charge in [-0.3, -0.25) is 9.59 Å². The van der Waals surface area contributed by atoms with E-state index in [2.05, 4.69) is 10.6 Å². The Kier molecular flexibility index (Phi) is 6.79. The summed E-state index contributed by atoms with van der Waals surface area (Å²) in [5.74, 6) is -1.09. The number of nitrogens with two attached hydrogens (primary N) is 1. The van der Waals surface area contributed by atoms with Crippen molar-refractivity contribution in [2.24, 2.45) is 11.7 Å². The number of hydrogen-bond acceptors (Lipinski definition) is 3. The van der Waals surface area contributed by atoms with E-state index in [4.69, 9.17) is 5.73 Å². The summed E-state index contributed by atoms with van der Waals surface area (Å²) in [7, 11) is 0. The number of anilines is 1. The molecular weight excluding hydrogens is 345 g/mol. The van der Waals surface area contributed by atoms with Crippen molar-refractivity contribution >= 4 is 29.9 Å². The molecule has 1 heterocycles. The summed E-state index contributed by atoms with van der Waals surface area (Å²) >= 11 is 0. The molecule has 2 unspecified atom stereocenters. The van der Waals surface area contributed by atoms with E-state index in [-0.39, 0.29) is 36.7 Å². The number of benzene rings is 1. The Labute approximate surface area is 153 Å². The number of rotatable bonds is 4. The molecule has 2 aliphatic rings. The van der Waals surface area contributed by atoms with Gasteiger partial charge < -0.3 is 16.4 Å². The zero-order valence-corrected chi connectivity index (χ0v) is 14.9. The second kappa shape index (κ2) is 8.63. The molecule has 1 aliphatic heterocycles. The third-order valence-corrected chi connectivity index (χ3v) is 5.17. The summed E-state index contributed by atoms with van der Waals surface area (Å²) in [5, 5.41) is 5.68. The van der Waals surface area contributed by atoms with Crippen molar-refractivity contribution in [3.8, 4) is 0 Å². The fourth-order valence-electron chi connectivity index (χ4n) is 3.86. The molecule has 7 heteroatoms. The molecule has 1 aromatic carbocycles. The molecule has 3 rings (SSSR count). The molecule has 1 saturated carbocycles. The highest BCUT2D eigenvalue weighted by atomic mass is 35.5. The molecular formula is C18H25ClFN3O2. The molecule has 0 saturated heterocycles. The predicted molar refractivity (Wildman–Crippen MR) is 97.2 cm³/mol. The molecule has 2 amide bonds. The number of fused-ring (bicyclic) bond motifs is 1. The van der Waals surface area contributed by atoms with Crippen LogP contribution >= 0.6 is 12.4 Å². The summed E-state index contributed by atoms with van der Waals surface area (Å²) < 4.78 is 13.4. The van der Waals surface area contributed by atoms with E-state index >= 15 is 0 Å². The van der Waals surface area contributed by atoms with Crippen molar-refractivity contribution in [2.75, 3.05) is 11.9 Å². The molecule has 1 aromatic rings. The van der Waals surface area contributed by atoms with Crippen LogP contribution in [0.4, 0.5) is 10.1 Å². The second-order valence-electron chi connectivity index (χ2n) is 6.79. The van der Waals surface area contributed by atoms with Gasteiger partial charge in [0.2, 0.25) is 11.8 Å². The fourth-order valence-corrected chi connectivity index (χ4v) is 3.86. The van der Waals surface area contributed by atoms with Gasteiger partial charge in [0.15, 0.2) is 0 Å². The van der Waals surface area contributed by atoms with Gasteiger partial charge in [0.05, 0.1) is 5.92 Å². The molecule has 138 valence electrons. The number of nitrogens with one attached hydrogen (secondary N) is 2. The number of carbonyl (C=O) groups is 2. The molecule has 5 nitrogen and oxygen atoms in total. The largest absolute Gasteiger partial charge is 0.351 e. The van der Waals surface area contributed by atoms with Crippen molar-refractivity contribution in [2.45, 2.75) is 50.5 Å². The Hall–Kier alpha value is -1.66. The first-order valence-electron chi connectivity index (χ1n) is 8.68. The highest BCUT2D eigenvalue weighted by Gasteiger charge is 2.33. The lowest BCUT2D eigenvalue weighted by Gasteiger charge is -2.32. The summed E-state index contributed by atoms with van der Waals surface area (Å²) in [6, 6.07) is 4.09. The van der Waals surface area contributed by atoms with E-state index in [1.807, 2.05) is 0 Å². The van der Waals surface area contributed by atoms with Crippen LogP contribution < -0.4 is 16.4 Å². The van der Waals surface area contributed by atoms with Crippen LogP contribution in [0.1, 0.15) is 50.0 Å². The number of carbonyl (C=O) groups excluding carboxylic acids is 2. The highest BCUT2D eigenvalue weighted by molar-refractivity contribution is 6.01. The van der Waals surface area contributed by atoms with Crippen LogP contribution in [0.25, 0.3) is 0 Å². The van der Waals surface area contributed by atoms with Crippen LogP contribution in [0.3, 0.4) is 0 Å². The predicted octanol–water partition coefficient (Wildman–Crippen LogP) is 2.70. The van der Waals surface area contributed by atoms with E-state index in [0.29, 0.717) is 23.7 Å². The van der Waals surface area contributed by atoms with Crippen molar-refractivity contribution < 1.29 is 14.0 Å². The first-order valence-corrected chi connectivity index (χ1v) is 8.68. The van der Waals surface area contributed by atoms with Crippen molar-refractivity contribution in [1.82, 2.24) is 5.32 Å². The summed E-state index contributed by atoms with van der Waals surface area (Å²) in [6.07, 6.45) is 5.82. The number of amides is 2.